The Labute approximate surface area is 169 Å². The Balaban J connectivity index is 1.62. The van der Waals surface area contributed by atoms with Gasteiger partial charge in [-0.3, -0.25) is 9.52 Å². The fourth-order valence-electron chi connectivity index (χ4n) is 3.33. The van der Waals surface area contributed by atoms with Gasteiger partial charge in [0.1, 0.15) is 10.0 Å². The summed E-state index contributed by atoms with van der Waals surface area (Å²) in [7, 11) is -4.10. The molecule has 0 spiro atoms. The molecule has 1 saturated heterocycles. The normalized spacial score (nSPS) is 20.2. The molecule has 0 aliphatic carbocycles. The van der Waals surface area contributed by atoms with Crippen molar-refractivity contribution < 1.29 is 23.0 Å². The van der Waals surface area contributed by atoms with E-state index >= 15 is 0 Å². The number of aromatic amines is 1. The molecule has 0 saturated carbocycles. The Morgan fingerprint density at radius 3 is 2.62 bits per heavy atom. The highest BCUT2D eigenvalue weighted by Gasteiger charge is 2.27. The second-order valence-corrected chi connectivity index (χ2v) is 9.84. The lowest BCUT2D eigenvalue weighted by atomic mass is 10.1. The van der Waals surface area contributed by atoms with E-state index < -0.39 is 33.6 Å². The number of thiophene rings is 1. The molecule has 154 valence electrons. The molecule has 2 atom stereocenters. The standard InChI is InChI=1S/C18H18FN3O5S2/c19-14-5-10-3-4-20-18(25)13(10)7-15(14)21-29(26,27)17-2-1-16(28-17)22-8-11(23)6-12(24)9-22/h1-5,7,11-12,21,23-24H,6,8-9H2,(H,20,25)/t11-,12+. The first-order chi connectivity index (χ1) is 13.7. The molecule has 1 aliphatic rings. The summed E-state index contributed by atoms with van der Waals surface area (Å²) in [5, 5.41) is 20.7. The molecule has 0 radical (unpaired) electrons. The molecule has 4 N–H and O–H groups in total. The van der Waals surface area contributed by atoms with Crippen molar-refractivity contribution in [3.63, 3.8) is 0 Å². The predicted molar refractivity (Wildman–Crippen MR) is 108 cm³/mol. The molecule has 3 heterocycles. The monoisotopic (exact) mass is 439 g/mol. The highest BCUT2D eigenvalue weighted by atomic mass is 32.2. The Morgan fingerprint density at radius 1 is 1.17 bits per heavy atom. The van der Waals surface area contributed by atoms with Gasteiger partial charge in [0.2, 0.25) is 0 Å². The zero-order chi connectivity index (χ0) is 20.8. The van der Waals surface area contributed by atoms with Crippen LogP contribution in [0.1, 0.15) is 6.42 Å². The zero-order valence-electron chi connectivity index (χ0n) is 15.0. The maximum absolute atomic E-state index is 14.4. The van der Waals surface area contributed by atoms with Crippen LogP contribution in [-0.2, 0) is 10.0 Å². The number of anilines is 2. The van der Waals surface area contributed by atoms with E-state index in [-0.39, 0.29) is 34.8 Å². The number of H-pyrrole nitrogens is 1. The highest BCUT2D eigenvalue weighted by molar-refractivity contribution is 7.94. The number of sulfonamides is 1. The number of fused-ring (bicyclic) bond motifs is 1. The van der Waals surface area contributed by atoms with Gasteiger partial charge in [0.05, 0.1) is 22.9 Å². The van der Waals surface area contributed by atoms with E-state index in [1.54, 1.807) is 11.0 Å². The Hall–Kier alpha value is -2.47. The van der Waals surface area contributed by atoms with Crippen molar-refractivity contribution in [2.75, 3.05) is 22.7 Å². The number of aromatic nitrogens is 1. The lowest BCUT2D eigenvalue weighted by molar-refractivity contribution is 0.0654. The van der Waals surface area contributed by atoms with Crippen molar-refractivity contribution in [3.8, 4) is 0 Å². The summed E-state index contributed by atoms with van der Waals surface area (Å²) in [5.41, 5.74) is -0.781. The van der Waals surface area contributed by atoms with Crippen molar-refractivity contribution in [1.29, 1.82) is 0 Å². The van der Waals surface area contributed by atoms with Gasteiger partial charge < -0.3 is 20.1 Å². The van der Waals surface area contributed by atoms with Crippen LogP contribution >= 0.6 is 11.3 Å². The topological polar surface area (TPSA) is 123 Å². The molecule has 0 unspecified atom stereocenters. The summed E-state index contributed by atoms with van der Waals surface area (Å²) in [6.45, 7) is 0.569. The first-order valence-electron chi connectivity index (χ1n) is 8.77. The van der Waals surface area contributed by atoms with Gasteiger partial charge in [0, 0.05) is 31.1 Å². The van der Waals surface area contributed by atoms with E-state index in [4.69, 9.17) is 0 Å². The number of nitrogens with one attached hydrogen (secondary N) is 2. The van der Waals surface area contributed by atoms with Crippen LogP contribution in [0.15, 0.2) is 45.5 Å². The highest BCUT2D eigenvalue weighted by Crippen LogP contribution is 2.33. The molecule has 0 amide bonds. The summed E-state index contributed by atoms with van der Waals surface area (Å²) in [6, 6.07) is 6.73. The molecule has 1 aliphatic heterocycles. The van der Waals surface area contributed by atoms with E-state index in [0.717, 1.165) is 23.5 Å². The second kappa shape index (κ2) is 7.41. The summed E-state index contributed by atoms with van der Waals surface area (Å²) in [6.07, 6.45) is 0.248. The van der Waals surface area contributed by atoms with Crippen LogP contribution in [0.25, 0.3) is 10.8 Å². The average molecular weight is 439 g/mol. The number of aliphatic hydroxyl groups excluding tert-OH is 2. The Morgan fingerprint density at radius 2 is 1.90 bits per heavy atom. The van der Waals surface area contributed by atoms with Gasteiger partial charge in [0.15, 0.2) is 0 Å². The maximum atomic E-state index is 14.4. The first kappa shape index (κ1) is 19.8. The number of β-amino-alcohol motifs (C(OH)–C–C–N with tert-alkyl or cyclic N) is 2. The molecule has 3 aromatic rings. The molecular weight excluding hydrogens is 421 g/mol. The van der Waals surface area contributed by atoms with E-state index in [0.29, 0.717) is 10.4 Å². The van der Waals surface area contributed by atoms with Crippen LogP contribution in [0, 0.1) is 5.82 Å². The maximum Gasteiger partial charge on any atom is 0.271 e. The first-order valence-corrected chi connectivity index (χ1v) is 11.1. The summed E-state index contributed by atoms with van der Waals surface area (Å²) >= 11 is 0.945. The van der Waals surface area contributed by atoms with Gasteiger partial charge in [-0.05, 0) is 35.7 Å². The third-order valence-corrected chi connectivity index (χ3v) is 7.66. The number of hydrogen-bond acceptors (Lipinski definition) is 7. The number of hydrogen-bond donors (Lipinski definition) is 4. The van der Waals surface area contributed by atoms with Crippen LogP contribution < -0.4 is 15.2 Å². The van der Waals surface area contributed by atoms with Gasteiger partial charge in [0.25, 0.3) is 15.6 Å². The van der Waals surface area contributed by atoms with Gasteiger partial charge >= 0.3 is 0 Å². The molecule has 29 heavy (non-hydrogen) atoms. The number of aliphatic hydroxyl groups is 2. The van der Waals surface area contributed by atoms with Crippen LogP contribution in [-0.4, -0.2) is 48.9 Å². The fraction of sp³-hybridized carbons (Fsp3) is 0.278. The number of pyridine rings is 1. The molecule has 1 fully saturated rings. The van der Waals surface area contributed by atoms with E-state index in [1.165, 1.54) is 18.3 Å². The van der Waals surface area contributed by atoms with E-state index in [9.17, 15) is 27.8 Å². The number of halogens is 1. The smallest absolute Gasteiger partial charge is 0.271 e. The molecule has 11 heteroatoms. The quantitative estimate of drug-likeness (QED) is 0.488. The van der Waals surface area contributed by atoms with Crippen molar-refractivity contribution >= 4 is 42.8 Å². The van der Waals surface area contributed by atoms with Crippen LogP contribution in [0.2, 0.25) is 0 Å². The minimum atomic E-state index is -4.10. The summed E-state index contributed by atoms with van der Waals surface area (Å²) < 4.78 is 42.0. The van der Waals surface area contributed by atoms with Crippen LogP contribution in [0.3, 0.4) is 0 Å². The minimum Gasteiger partial charge on any atom is -0.391 e. The van der Waals surface area contributed by atoms with Gasteiger partial charge in [-0.1, -0.05) is 0 Å². The van der Waals surface area contributed by atoms with Gasteiger partial charge in [-0.2, -0.15) is 0 Å². The van der Waals surface area contributed by atoms with Crippen molar-refractivity contribution in [2.24, 2.45) is 0 Å². The largest absolute Gasteiger partial charge is 0.391 e. The molecule has 2 aromatic heterocycles. The second-order valence-electron chi connectivity index (χ2n) is 6.87. The fourth-order valence-corrected chi connectivity index (χ4v) is 5.70. The van der Waals surface area contributed by atoms with E-state index in [1.807, 2.05) is 0 Å². The summed E-state index contributed by atoms with van der Waals surface area (Å²) in [5.74, 6) is -0.800. The minimum absolute atomic E-state index is 0.0523. The molecule has 4 rings (SSSR count). The molecular formula is C18H18FN3O5S2. The van der Waals surface area contributed by atoms with Crippen molar-refractivity contribution in [1.82, 2.24) is 4.98 Å². The predicted octanol–water partition coefficient (Wildman–Crippen LogP) is 1.46. The lowest BCUT2D eigenvalue weighted by Gasteiger charge is -2.33. The van der Waals surface area contributed by atoms with Crippen molar-refractivity contribution in [3.05, 3.63) is 52.7 Å². The van der Waals surface area contributed by atoms with Gasteiger partial charge in [-0.15, -0.1) is 11.3 Å². The van der Waals surface area contributed by atoms with E-state index in [2.05, 4.69) is 9.71 Å². The van der Waals surface area contributed by atoms with Crippen LogP contribution in [0.5, 0.6) is 0 Å². The van der Waals surface area contributed by atoms with Gasteiger partial charge in [-0.25, -0.2) is 12.8 Å². The number of piperidine rings is 1. The third kappa shape index (κ3) is 3.99. The number of nitrogens with zero attached hydrogens (tertiary/aromatic N) is 1. The molecule has 1 aromatic carbocycles. The number of benzene rings is 1. The lowest BCUT2D eigenvalue weighted by Crippen LogP contribution is -2.45. The molecule has 0 bridgehead atoms. The van der Waals surface area contributed by atoms with Crippen molar-refractivity contribution in [2.45, 2.75) is 22.8 Å². The third-order valence-electron chi connectivity index (χ3n) is 4.66. The molecule has 8 nitrogen and oxygen atoms in total. The zero-order valence-corrected chi connectivity index (χ0v) is 16.6. The summed E-state index contributed by atoms with van der Waals surface area (Å²) in [4.78, 5) is 16.1. The Bertz CT molecular complexity index is 1210. The Kier molecular flexibility index (Phi) is 5.07. The average Bonchev–Trinajstić information content (AvgIpc) is 3.13. The SMILES string of the molecule is O=c1[nH]ccc2cc(F)c(NS(=O)(=O)c3ccc(N4C[C@H](O)C[C@H](O)C4)s3)cc12. The number of rotatable bonds is 4. The van der Waals surface area contributed by atoms with Crippen LogP contribution in [0.4, 0.5) is 15.1 Å².